The van der Waals surface area contributed by atoms with Gasteiger partial charge in [0.15, 0.2) is 5.82 Å². The number of aromatic hydroxyl groups is 1. The molecule has 29 heavy (non-hydrogen) atoms. The fourth-order valence-corrected chi connectivity index (χ4v) is 4.98. The van der Waals surface area contributed by atoms with Gasteiger partial charge in [0.2, 0.25) is 0 Å². The maximum atomic E-state index is 10.5. The highest BCUT2D eigenvalue weighted by atomic mass is 16.3. The van der Waals surface area contributed by atoms with Crippen LogP contribution >= 0.6 is 0 Å². The Morgan fingerprint density at radius 2 is 1.83 bits per heavy atom. The van der Waals surface area contributed by atoms with Crippen molar-refractivity contribution in [2.24, 2.45) is 11.8 Å². The molecule has 1 aromatic carbocycles. The third-order valence-corrected chi connectivity index (χ3v) is 6.55. The minimum absolute atomic E-state index is 0.148. The number of nitrogens with zero attached hydrogens (tertiary/aromatic N) is 6. The Balaban J connectivity index is 1.34. The summed E-state index contributed by atoms with van der Waals surface area (Å²) < 4.78 is 1.64. The first-order chi connectivity index (χ1) is 14.1. The largest absolute Gasteiger partial charge is 0.507 e. The first-order valence-electron chi connectivity index (χ1n) is 10.4. The maximum Gasteiger partial charge on any atom is 0.151 e. The fourth-order valence-electron chi connectivity index (χ4n) is 4.98. The average Bonchev–Trinajstić information content (AvgIpc) is 3.32. The number of rotatable bonds is 4. The zero-order valence-electron chi connectivity index (χ0n) is 16.9. The number of hydrogen-bond acceptors (Lipinski definition) is 6. The van der Waals surface area contributed by atoms with Gasteiger partial charge in [-0.05, 0) is 62.3 Å². The molecule has 2 aliphatic rings. The van der Waals surface area contributed by atoms with Crippen molar-refractivity contribution in [3.8, 4) is 22.7 Å². The van der Waals surface area contributed by atoms with Gasteiger partial charge in [-0.25, -0.2) is 9.67 Å². The quantitative estimate of drug-likeness (QED) is 0.731. The smallest absolute Gasteiger partial charge is 0.151 e. The Morgan fingerprint density at radius 3 is 2.45 bits per heavy atom. The molecule has 0 amide bonds. The standard InChI is InChI=1S/C22H26N6O/c1-14-23-13-28(26-14)17-5-6-19(21(29)12-17)20-7-8-22(25-24-20)27(2)18-10-15-3-4-16(9-15)11-18/h5-8,12-13,15-16,18,29H,3-4,9-11H2,1-2H3/t15-,16+,18+. The first kappa shape index (κ1) is 18.1. The van der Waals surface area contributed by atoms with Crippen LogP contribution in [0.25, 0.3) is 16.9 Å². The number of phenolic OH excluding ortho intramolecular Hbond substituents is 1. The summed E-state index contributed by atoms with van der Waals surface area (Å²) in [4.78, 5) is 6.41. The highest BCUT2D eigenvalue weighted by Crippen LogP contribution is 2.43. The second-order valence-electron chi connectivity index (χ2n) is 8.50. The summed E-state index contributed by atoms with van der Waals surface area (Å²) in [5.41, 5.74) is 2.07. The monoisotopic (exact) mass is 390 g/mol. The molecule has 0 unspecified atom stereocenters. The van der Waals surface area contributed by atoms with Gasteiger partial charge in [-0.3, -0.25) is 0 Å². The molecule has 3 atom stereocenters. The van der Waals surface area contributed by atoms with Crippen molar-refractivity contribution < 1.29 is 5.11 Å². The van der Waals surface area contributed by atoms with Crippen molar-refractivity contribution in [1.82, 2.24) is 25.0 Å². The molecule has 2 aromatic heterocycles. The molecule has 2 heterocycles. The number of hydrogen-bond donors (Lipinski definition) is 1. The van der Waals surface area contributed by atoms with Crippen LogP contribution in [0.5, 0.6) is 5.75 Å². The van der Waals surface area contributed by atoms with E-state index in [4.69, 9.17) is 0 Å². The van der Waals surface area contributed by atoms with E-state index >= 15 is 0 Å². The maximum absolute atomic E-state index is 10.5. The van der Waals surface area contributed by atoms with Crippen LogP contribution in [-0.4, -0.2) is 43.2 Å². The van der Waals surface area contributed by atoms with E-state index < -0.39 is 0 Å². The van der Waals surface area contributed by atoms with Gasteiger partial charge in [-0.15, -0.1) is 10.2 Å². The van der Waals surface area contributed by atoms with Gasteiger partial charge in [-0.2, -0.15) is 5.10 Å². The van der Waals surface area contributed by atoms with E-state index in [9.17, 15) is 5.11 Å². The zero-order valence-corrected chi connectivity index (χ0v) is 16.9. The summed E-state index contributed by atoms with van der Waals surface area (Å²) in [5.74, 6) is 3.50. The van der Waals surface area contributed by atoms with Gasteiger partial charge in [0.05, 0.1) is 11.4 Å². The minimum atomic E-state index is 0.148. The second kappa shape index (κ2) is 7.13. The highest BCUT2D eigenvalue weighted by Gasteiger charge is 2.36. The van der Waals surface area contributed by atoms with Crippen LogP contribution in [0.3, 0.4) is 0 Å². The van der Waals surface area contributed by atoms with Gasteiger partial charge in [0, 0.05) is 24.7 Å². The van der Waals surface area contributed by atoms with Crippen LogP contribution < -0.4 is 4.90 Å². The SMILES string of the molecule is Cc1ncn(-c2ccc(-c3ccc(N(C)[C@H]4C[C@@H]5CC[C@@H](C5)C4)nn3)c(O)c2)n1. The lowest BCUT2D eigenvalue weighted by atomic mass is 9.85. The van der Waals surface area contributed by atoms with Crippen molar-refractivity contribution in [3.05, 3.63) is 42.5 Å². The molecule has 2 fully saturated rings. The number of fused-ring (bicyclic) bond motifs is 2. The molecule has 7 nitrogen and oxygen atoms in total. The predicted molar refractivity (Wildman–Crippen MR) is 111 cm³/mol. The lowest BCUT2D eigenvalue weighted by Crippen LogP contribution is -2.37. The van der Waals surface area contributed by atoms with Crippen LogP contribution in [0, 0.1) is 18.8 Å². The number of anilines is 1. The van der Waals surface area contributed by atoms with Crippen LogP contribution in [0.1, 0.15) is 37.9 Å². The van der Waals surface area contributed by atoms with Crippen LogP contribution in [-0.2, 0) is 0 Å². The molecule has 3 aromatic rings. The van der Waals surface area contributed by atoms with E-state index in [1.165, 1.54) is 32.1 Å². The van der Waals surface area contributed by atoms with Crippen molar-refractivity contribution in [1.29, 1.82) is 0 Å². The summed E-state index contributed by atoms with van der Waals surface area (Å²) >= 11 is 0. The molecule has 150 valence electrons. The van der Waals surface area contributed by atoms with Gasteiger partial charge < -0.3 is 10.0 Å². The van der Waals surface area contributed by atoms with Crippen molar-refractivity contribution >= 4 is 5.82 Å². The molecule has 2 aliphatic carbocycles. The summed E-state index contributed by atoms with van der Waals surface area (Å²) in [6.45, 7) is 1.83. The summed E-state index contributed by atoms with van der Waals surface area (Å²) in [6.07, 6.45) is 8.36. The normalized spacial score (nSPS) is 23.3. The Morgan fingerprint density at radius 1 is 1.03 bits per heavy atom. The number of aryl methyl sites for hydroxylation is 1. The van der Waals surface area contributed by atoms with Crippen LogP contribution in [0.15, 0.2) is 36.7 Å². The number of aromatic nitrogens is 5. The van der Waals surface area contributed by atoms with Gasteiger partial charge in [0.25, 0.3) is 0 Å². The molecule has 0 spiro atoms. The Hall–Kier alpha value is -2.96. The summed E-state index contributed by atoms with van der Waals surface area (Å²) in [6, 6.07) is 9.90. The number of phenols is 1. The molecule has 0 aliphatic heterocycles. The molecular formula is C22H26N6O. The molecule has 1 N–H and O–H groups in total. The molecule has 0 saturated heterocycles. The van der Waals surface area contributed by atoms with E-state index in [1.54, 1.807) is 17.1 Å². The Bertz CT molecular complexity index is 1000. The second-order valence-corrected chi connectivity index (χ2v) is 8.50. The van der Waals surface area contributed by atoms with E-state index in [2.05, 4.69) is 32.2 Å². The number of benzene rings is 1. The zero-order chi connectivity index (χ0) is 20.0. The van der Waals surface area contributed by atoms with E-state index in [-0.39, 0.29) is 5.75 Å². The van der Waals surface area contributed by atoms with Crippen LogP contribution in [0.2, 0.25) is 0 Å². The first-order valence-corrected chi connectivity index (χ1v) is 10.4. The van der Waals surface area contributed by atoms with Crippen molar-refractivity contribution in [2.75, 3.05) is 11.9 Å². The third kappa shape index (κ3) is 3.45. The van der Waals surface area contributed by atoms with Gasteiger partial charge in [-0.1, -0.05) is 12.8 Å². The Kier molecular flexibility index (Phi) is 4.45. The molecule has 0 radical (unpaired) electrons. The lowest BCUT2D eigenvalue weighted by molar-refractivity contribution is 0.312. The van der Waals surface area contributed by atoms with Crippen molar-refractivity contribution in [2.45, 2.75) is 45.1 Å². The van der Waals surface area contributed by atoms with Gasteiger partial charge in [0.1, 0.15) is 17.9 Å². The molecule has 7 heteroatoms. The highest BCUT2D eigenvalue weighted by molar-refractivity contribution is 5.69. The topological polar surface area (TPSA) is 80.0 Å². The average molecular weight is 390 g/mol. The molecular weight excluding hydrogens is 364 g/mol. The fraction of sp³-hybridized carbons (Fsp3) is 0.455. The third-order valence-electron chi connectivity index (χ3n) is 6.55. The summed E-state index contributed by atoms with van der Waals surface area (Å²) in [7, 11) is 2.13. The van der Waals surface area contributed by atoms with Gasteiger partial charge >= 0.3 is 0 Å². The minimum Gasteiger partial charge on any atom is -0.507 e. The van der Waals surface area contributed by atoms with E-state index in [0.717, 1.165) is 23.3 Å². The summed E-state index contributed by atoms with van der Waals surface area (Å²) in [5, 5.41) is 23.7. The molecule has 2 bridgehead atoms. The van der Waals surface area contributed by atoms with E-state index in [1.807, 2.05) is 31.2 Å². The molecule has 2 saturated carbocycles. The predicted octanol–water partition coefficient (Wildman–Crippen LogP) is 3.75. The van der Waals surface area contributed by atoms with Crippen molar-refractivity contribution in [3.63, 3.8) is 0 Å². The van der Waals surface area contributed by atoms with E-state index in [0.29, 0.717) is 23.1 Å². The Labute approximate surface area is 170 Å². The molecule has 5 rings (SSSR count). The van der Waals surface area contributed by atoms with Crippen LogP contribution in [0.4, 0.5) is 5.82 Å². The lowest BCUT2D eigenvalue weighted by Gasteiger charge is -2.35.